The monoisotopic (exact) mass is 456 g/mol. The second-order valence-corrected chi connectivity index (χ2v) is 7.91. The average Bonchev–Trinajstić information content (AvgIpc) is 3.44. The fraction of sp³-hybridized carbons (Fsp3) is 0.238. The number of aromatic nitrogens is 6. The van der Waals surface area contributed by atoms with E-state index in [0.29, 0.717) is 17.5 Å². The Balaban J connectivity index is 1.50. The van der Waals surface area contributed by atoms with E-state index in [1.54, 1.807) is 22.8 Å². The van der Waals surface area contributed by atoms with Crippen LogP contribution in [0.1, 0.15) is 12.7 Å². The molecule has 0 spiro atoms. The lowest BCUT2D eigenvalue weighted by atomic mass is 10.3. The molecule has 160 valence electrons. The van der Waals surface area contributed by atoms with Gasteiger partial charge >= 0.3 is 0 Å². The molecule has 2 aromatic heterocycles. The van der Waals surface area contributed by atoms with Crippen molar-refractivity contribution in [2.45, 2.75) is 25.2 Å². The lowest BCUT2D eigenvalue weighted by Gasteiger charge is -2.12. The van der Waals surface area contributed by atoms with E-state index >= 15 is 0 Å². The van der Waals surface area contributed by atoms with Crippen LogP contribution in [-0.2, 0) is 13.2 Å². The van der Waals surface area contributed by atoms with Crippen LogP contribution in [0.2, 0.25) is 5.02 Å². The average molecular weight is 457 g/mol. The van der Waals surface area contributed by atoms with Gasteiger partial charge in [0.2, 0.25) is 0 Å². The fourth-order valence-corrected chi connectivity index (χ4v) is 3.89. The SMILES string of the molecule is CCOc1ccc(OCc2nnc(SCCn3cncn3)n2-c2ccc(Cl)cc2)cc1. The van der Waals surface area contributed by atoms with Crippen LogP contribution in [0.3, 0.4) is 0 Å². The summed E-state index contributed by atoms with van der Waals surface area (Å²) in [5.74, 6) is 3.01. The van der Waals surface area contributed by atoms with Gasteiger partial charge in [0.05, 0.1) is 13.2 Å². The maximum Gasteiger partial charge on any atom is 0.196 e. The third kappa shape index (κ3) is 5.56. The highest BCUT2D eigenvalue weighted by Gasteiger charge is 2.15. The van der Waals surface area contributed by atoms with Gasteiger partial charge in [-0.2, -0.15) is 5.10 Å². The maximum atomic E-state index is 6.07. The number of halogens is 1. The molecular formula is C21H21ClN6O2S. The second kappa shape index (κ2) is 10.3. The van der Waals surface area contributed by atoms with Crippen LogP contribution in [0, 0.1) is 0 Å². The summed E-state index contributed by atoms with van der Waals surface area (Å²) in [4.78, 5) is 3.97. The van der Waals surface area contributed by atoms with Crippen molar-refractivity contribution in [3.8, 4) is 17.2 Å². The van der Waals surface area contributed by atoms with E-state index in [9.17, 15) is 0 Å². The minimum Gasteiger partial charge on any atom is -0.494 e. The van der Waals surface area contributed by atoms with Gasteiger partial charge in [0.15, 0.2) is 11.0 Å². The van der Waals surface area contributed by atoms with Crippen LogP contribution in [0.15, 0.2) is 66.3 Å². The van der Waals surface area contributed by atoms with Crippen molar-refractivity contribution in [2.24, 2.45) is 0 Å². The summed E-state index contributed by atoms with van der Waals surface area (Å²) >= 11 is 7.66. The molecule has 2 aromatic carbocycles. The van der Waals surface area contributed by atoms with E-state index in [4.69, 9.17) is 21.1 Å². The topological polar surface area (TPSA) is 79.9 Å². The maximum absolute atomic E-state index is 6.07. The van der Waals surface area contributed by atoms with Crippen LogP contribution in [0.25, 0.3) is 5.69 Å². The molecule has 0 amide bonds. The number of hydrogen-bond acceptors (Lipinski definition) is 7. The number of rotatable bonds is 10. The van der Waals surface area contributed by atoms with Gasteiger partial charge in [-0.05, 0) is 55.5 Å². The van der Waals surface area contributed by atoms with E-state index in [1.165, 1.54) is 6.33 Å². The highest BCUT2D eigenvalue weighted by molar-refractivity contribution is 7.99. The number of thioether (sulfide) groups is 1. The van der Waals surface area contributed by atoms with Crippen molar-refractivity contribution < 1.29 is 9.47 Å². The van der Waals surface area contributed by atoms with Crippen LogP contribution >= 0.6 is 23.4 Å². The molecule has 0 fully saturated rings. The number of aryl methyl sites for hydroxylation is 1. The Kier molecular flexibility index (Phi) is 7.06. The lowest BCUT2D eigenvalue weighted by Crippen LogP contribution is -2.07. The Bertz CT molecular complexity index is 1080. The van der Waals surface area contributed by atoms with Crippen molar-refractivity contribution in [2.75, 3.05) is 12.4 Å². The Labute approximate surface area is 189 Å². The van der Waals surface area contributed by atoms with Gasteiger partial charge in [-0.15, -0.1) is 10.2 Å². The summed E-state index contributed by atoms with van der Waals surface area (Å²) < 4.78 is 15.2. The molecule has 0 saturated carbocycles. The first-order valence-electron chi connectivity index (χ1n) is 9.74. The first-order chi connectivity index (χ1) is 15.2. The molecule has 31 heavy (non-hydrogen) atoms. The molecule has 0 radical (unpaired) electrons. The molecule has 4 aromatic rings. The van der Waals surface area contributed by atoms with Crippen molar-refractivity contribution in [3.63, 3.8) is 0 Å². The molecule has 0 atom stereocenters. The van der Waals surface area contributed by atoms with Crippen LogP contribution < -0.4 is 9.47 Å². The van der Waals surface area contributed by atoms with Crippen molar-refractivity contribution >= 4 is 23.4 Å². The number of benzene rings is 2. The number of hydrogen-bond donors (Lipinski definition) is 0. The molecule has 0 unspecified atom stereocenters. The standard InChI is InChI=1S/C21H21ClN6O2S/c1-2-29-18-7-9-19(10-8-18)30-13-20-25-26-21(31-12-11-27-15-23-14-24-27)28(20)17-5-3-16(22)4-6-17/h3-10,14-15H,2,11-13H2,1H3. The molecule has 8 nitrogen and oxygen atoms in total. The van der Waals surface area contributed by atoms with E-state index < -0.39 is 0 Å². The van der Waals surface area contributed by atoms with Gasteiger partial charge in [-0.1, -0.05) is 23.4 Å². The summed E-state index contributed by atoms with van der Waals surface area (Å²) in [5.41, 5.74) is 0.919. The smallest absolute Gasteiger partial charge is 0.196 e. The largest absolute Gasteiger partial charge is 0.494 e. The van der Waals surface area contributed by atoms with Crippen molar-refractivity contribution in [1.29, 1.82) is 0 Å². The van der Waals surface area contributed by atoms with Gasteiger partial charge < -0.3 is 9.47 Å². The van der Waals surface area contributed by atoms with Gasteiger partial charge in [-0.25, -0.2) is 4.98 Å². The zero-order valence-electron chi connectivity index (χ0n) is 16.9. The number of ether oxygens (including phenoxy) is 2. The van der Waals surface area contributed by atoms with Crippen LogP contribution in [0.5, 0.6) is 11.5 Å². The molecule has 0 aliphatic carbocycles. The van der Waals surface area contributed by atoms with Crippen molar-refractivity contribution in [1.82, 2.24) is 29.5 Å². The van der Waals surface area contributed by atoms with Gasteiger partial charge in [0, 0.05) is 16.5 Å². The van der Waals surface area contributed by atoms with Gasteiger partial charge in [0.1, 0.15) is 30.8 Å². The molecule has 0 saturated heterocycles. The zero-order valence-corrected chi connectivity index (χ0v) is 18.5. The highest BCUT2D eigenvalue weighted by Crippen LogP contribution is 2.25. The first-order valence-corrected chi connectivity index (χ1v) is 11.1. The minimum absolute atomic E-state index is 0.271. The predicted octanol–water partition coefficient (Wildman–Crippen LogP) is 4.28. The quantitative estimate of drug-likeness (QED) is 0.329. The summed E-state index contributed by atoms with van der Waals surface area (Å²) in [7, 11) is 0. The molecule has 0 N–H and O–H groups in total. The highest BCUT2D eigenvalue weighted by atomic mass is 35.5. The Morgan fingerprint density at radius 1 is 0.968 bits per heavy atom. The fourth-order valence-electron chi connectivity index (χ4n) is 2.86. The van der Waals surface area contributed by atoms with E-state index in [2.05, 4.69) is 20.3 Å². The normalized spacial score (nSPS) is 10.9. The van der Waals surface area contributed by atoms with E-state index in [0.717, 1.165) is 34.6 Å². The van der Waals surface area contributed by atoms with Crippen LogP contribution in [0.4, 0.5) is 0 Å². The number of nitrogens with zero attached hydrogens (tertiary/aromatic N) is 6. The lowest BCUT2D eigenvalue weighted by molar-refractivity contribution is 0.291. The molecule has 0 aliphatic rings. The minimum atomic E-state index is 0.271. The third-order valence-corrected chi connectivity index (χ3v) is 5.47. The van der Waals surface area contributed by atoms with E-state index in [1.807, 2.05) is 60.0 Å². The first kappa shape index (κ1) is 21.2. The summed E-state index contributed by atoms with van der Waals surface area (Å²) in [6, 6.07) is 15.1. The van der Waals surface area contributed by atoms with Crippen LogP contribution in [-0.4, -0.2) is 41.9 Å². The molecule has 10 heteroatoms. The Morgan fingerprint density at radius 2 is 1.71 bits per heavy atom. The molecule has 4 rings (SSSR count). The Hall–Kier alpha value is -3.04. The summed E-state index contributed by atoms with van der Waals surface area (Å²) in [6.45, 7) is 3.57. The molecule has 0 aliphatic heterocycles. The molecule has 2 heterocycles. The van der Waals surface area contributed by atoms with E-state index in [-0.39, 0.29) is 6.61 Å². The summed E-state index contributed by atoms with van der Waals surface area (Å²) in [5, 5.41) is 14.3. The third-order valence-electron chi connectivity index (χ3n) is 4.31. The van der Waals surface area contributed by atoms with Gasteiger partial charge in [0.25, 0.3) is 0 Å². The molecule has 0 bridgehead atoms. The van der Waals surface area contributed by atoms with Gasteiger partial charge in [-0.3, -0.25) is 9.25 Å². The predicted molar refractivity (Wildman–Crippen MR) is 119 cm³/mol. The molecular weight excluding hydrogens is 436 g/mol. The zero-order chi connectivity index (χ0) is 21.5. The Morgan fingerprint density at radius 3 is 2.39 bits per heavy atom. The second-order valence-electron chi connectivity index (χ2n) is 6.41. The van der Waals surface area contributed by atoms with Crippen molar-refractivity contribution in [3.05, 3.63) is 72.0 Å². The summed E-state index contributed by atoms with van der Waals surface area (Å²) in [6.07, 6.45) is 3.22.